The monoisotopic (exact) mass is 367 g/mol. The van der Waals surface area contributed by atoms with Crippen LogP contribution in [-0.4, -0.2) is 55.4 Å². The zero-order valence-corrected chi connectivity index (χ0v) is 16.1. The van der Waals surface area contributed by atoms with E-state index in [-0.39, 0.29) is 30.1 Å². The second-order valence-corrected chi connectivity index (χ2v) is 7.70. The number of nitrogens with zero attached hydrogens (tertiary/aromatic N) is 5. The third-order valence-corrected chi connectivity index (χ3v) is 5.71. The molecular weight excluding hydrogens is 342 g/mol. The van der Waals surface area contributed by atoms with Gasteiger partial charge in [-0.2, -0.15) is 0 Å². The van der Waals surface area contributed by atoms with Crippen molar-refractivity contribution in [3.63, 3.8) is 0 Å². The molecule has 2 aromatic rings. The number of piperazine rings is 1. The van der Waals surface area contributed by atoms with E-state index in [9.17, 15) is 9.59 Å². The zero-order valence-electron chi connectivity index (χ0n) is 16.1. The van der Waals surface area contributed by atoms with Crippen molar-refractivity contribution in [3.05, 3.63) is 57.5 Å². The number of fused-ring (bicyclic) bond motifs is 2. The number of carbonyl (C=O) groups is 1. The lowest BCUT2D eigenvalue weighted by Gasteiger charge is -2.56. The van der Waals surface area contributed by atoms with Crippen molar-refractivity contribution in [2.24, 2.45) is 0 Å². The SMILES string of the molecule is Cc1cccc(CN2CC3CC(C2)N3C(=O)Cn2cnc(C)c(C)c2=O)n1. The van der Waals surface area contributed by atoms with Gasteiger partial charge in [-0.15, -0.1) is 0 Å². The quantitative estimate of drug-likeness (QED) is 0.808. The van der Waals surface area contributed by atoms with E-state index in [1.165, 1.54) is 10.9 Å². The van der Waals surface area contributed by atoms with Crippen molar-refractivity contribution in [2.45, 2.75) is 52.4 Å². The fourth-order valence-electron chi connectivity index (χ4n) is 4.17. The number of rotatable bonds is 4. The van der Waals surface area contributed by atoms with Gasteiger partial charge in [0.25, 0.3) is 5.56 Å². The molecule has 2 aromatic heterocycles. The minimum atomic E-state index is -0.131. The molecule has 0 N–H and O–H groups in total. The molecule has 5 heterocycles. The van der Waals surface area contributed by atoms with E-state index in [0.29, 0.717) is 11.3 Å². The van der Waals surface area contributed by atoms with Crippen molar-refractivity contribution in [3.8, 4) is 0 Å². The Balaban J connectivity index is 1.39. The highest BCUT2D eigenvalue weighted by molar-refractivity contribution is 5.78. The maximum Gasteiger partial charge on any atom is 0.256 e. The number of aromatic nitrogens is 3. The molecule has 3 fully saturated rings. The molecule has 7 nitrogen and oxygen atoms in total. The van der Waals surface area contributed by atoms with Gasteiger partial charge in [0.2, 0.25) is 5.91 Å². The molecule has 0 aromatic carbocycles. The predicted octanol–water partition coefficient (Wildman–Crippen LogP) is 1.05. The molecule has 0 spiro atoms. The van der Waals surface area contributed by atoms with Crippen LogP contribution in [0.15, 0.2) is 29.3 Å². The van der Waals surface area contributed by atoms with E-state index in [2.05, 4.69) is 20.9 Å². The van der Waals surface area contributed by atoms with Gasteiger partial charge in [0, 0.05) is 48.7 Å². The van der Waals surface area contributed by atoms with Gasteiger partial charge in [0.05, 0.1) is 12.0 Å². The smallest absolute Gasteiger partial charge is 0.256 e. The second kappa shape index (κ2) is 6.88. The summed E-state index contributed by atoms with van der Waals surface area (Å²) in [6.07, 6.45) is 2.53. The first-order chi connectivity index (χ1) is 12.9. The van der Waals surface area contributed by atoms with Crippen LogP contribution in [0.5, 0.6) is 0 Å². The Kier molecular flexibility index (Phi) is 4.55. The van der Waals surface area contributed by atoms with Crippen LogP contribution < -0.4 is 5.56 Å². The van der Waals surface area contributed by atoms with Gasteiger partial charge >= 0.3 is 0 Å². The summed E-state index contributed by atoms with van der Waals surface area (Å²) >= 11 is 0. The molecule has 27 heavy (non-hydrogen) atoms. The summed E-state index contributed by atoms with van der Waals surface area (Å²) in [7, 11) is 0. The van der Waals surface area contributed by atoms with Crippen LogP contribution in [0.4, 0.5) is 0 Å². The highest BCUT2D eigenvalue weighted by Crippen LogP contribution is 2.33. The number of hydrogen-bond donors (Lipinski definition) is 0. The lowest BCUT2D eigenvalue weighted by atomic mass is 9.87. The first kappa shape index (κ1) is 17.9. The second-order valence-electron chi connectivity index (χ2n) is 7.70. The van der Waals surface area contributed by atoms with Crippen molar-refractivity contribution < 1.29 is 4.79 Å². The molecule has 1 amide bonds. The van der Waals surface area contributed by atoms with Gasteiger partial charge in [-0.25, -0.2) is 4.98 Å². The number of aryl methyl sites for hydroxylation is 2. The predicted molar refractivity (Wildman–Crippen MR) is 101 cm³/mol. The normalized spacial score (nSPS) is 21.8. The fourth-order valence-corrected chi connectivity index (χ4v) is 4.17. The molecule has 2 atom stereocenters. The summed E-state index contributed by atoms with van der Waals surface area (Å²) in [6, 6.07) is 6.55. The summed E-state index contributed by atoms with van der Waals surface area (Å²) in [5.74, 6) is 0.0109. The highest BCUT2D eigenvalue weighted by atomic mass is 16.2. The zero-order chi connectivity index (χ0) is 19.1. The van der Waals surface area contributed by atoms with E-state index in [1.54, 1.807) is 13.8 Å². The third-order valence-electron chi connectivity index (χ3n) is 5.71. The number of amides is 1. The standard InChI is InChI=1S/C20H25N5O2/c1-13-5-4-6-16(22-13)8-23-9-17-7-18(10-23)25(17)19(26)11-24-12-21-15(3)14(2)20(24)27/h4-6,12,17-18H,7-11H2,1-3H3. The summed E-state index contributed by atoms with van der Waals surface area (Å²) in [5.41, 5.74) is 3.28. The summed E-state index contributed by atoms with van der Waals surface area (Å²) < 4.78 is 1.42. The van der Waals surface area contributed by atoms with Crippen molar-refractivity contribution in [2.75, 3.05) is 13.1 Å². The van der Waals surface area contributed by atoms with E-state index in [1.807, 2.05) is 24.0 Å². The summed E-state index contributed by atoms with van der Waals surface area (Å²) in [4.78, 5) is 38.2. The summed E-state index contributed by atoms with van der Waals surface area (Å²) in [5, 5.41) is 0. The Morgan fingerprint density at radius 1 is 1.19 bits per heavy atom. The van der Waals surface area contributed by atoms with Crippen LogP contribution in [0.3, 0.4) is 0 Å². The topological polar surface area (TPSA) is 71.3 Å². The van der Waals surface area contributed by atoms with Crippen LogP contribution >= 0.6 is 0 Å². The lowest BCUT2D eigenvalue weighted by molar-refractivity contribution is -0.155. The van der Waals surface area contributed by atoms with Gasteiger partial charge in [0.15, 0.2) is 0 Å². The first-order valence-electron chi connectivity index (χ1n) is 9.41. The molecule has 7 heteroatoms. The van der Waals surface area contributed by atoms with Gasteiger partial charge in [-0.05, 0) is 39.3 Å². The highest BCUT2D eigenvalue weighted by Gasteiger charge is 2.46. The molecule has 0 radical (unpaired) electrons. The Bertz CT molecular complexity index is 926. The largest absolute Gasteiger partial charge is 0.332 e. The van der Waals surface area contributed by atoms with Crippen molar-refractivity contribution in [1.82, 2.24) is 24.3 Å². The molecule has 2 bridgehead atoms. The molecule has 3 aliphatic rings. The van der Waals surface area contributed by atoms with Crippen LogP contribution in [0.1, 0.15) is 29.1 Å². The maximum atomic E-state index is 12.8. The average Bonchev–Trinajstić information content (AvgIpc) is 2.62. The first-order valence-corrected chi connectivity index (χ1v) is 9.41. The Labute approximate surface area is 158 Å². The van der Waals surface area contributed by atoms with E-state index in [4.69, 9.17) is 0 Å². The van der Waals surface area contributed by atoms with E-state index < -0.39 is 0 Å². The van der Waals surface area contributed by atoms with Crippen molar-refractivity contribution in [1.29, 1.82) is 0 Å². The van der Waals surface area contributed by atoms with Crippen molar-refractivity contribution >= 4 is 5.91 Å². The molecule has 3 saturated heterocycles. The van der Waals surface area contributed by atoms with Crippen LogP contribution in [0.25, 0.3) is 0 Å². The van der Waals surface area contributed by atoms with Crippen LogP contribution in [0, 0.1) is 20.8 Å². The average molecular weight is 367 g/mol. The van der Waals surface area contributed by atoms with Gasteiger partial charge < -0.3 is 4.90 Å². The number of piperidine rings is 1. The Hall–Kier alpha value is -2.54. The minimum Gasteiger partial charge on any atom is -0.332 e. The molecule has 142 valence electrons. The van der Waals surface area contributed by atoms with E-state index >= 15 is 0 Å². The number of hydrogen-bond acceptors (Lipinski definition) is 5. The molecule has 2 unspecified atom stereocenters. The number of pyridine rings is 1. The maximum absolute atomic E-state index is 12.8. The fraction of sp³-hybridized carbons (Fsp3) is 0.500. The lowest BCUT2D eigenvalue weighted by Crippen LogP contribution is -2.70. The molecule has 3 aliphatic heterocycles. The number of carbonyl (C=O) groups excluding carboxylic acids is 1. The van der Waals surface area contributed by atoms with Gasteiger partial charge in [-0.3, -0.25) is 24.0 Å². The van der Waals surface area contributed by atoms with E-state index in [0.717, 1.165) is 37.4 Å². The Morgan fingerprint density at radius 3 is 2.63 bits per heavy atom. The molecule has 5 rings (SSSR count). The van der Waals surface area contributed by atoms with Crippen LogP contribution in [0.2, 0.25) is 0 Å². The molecule has 0 saturated carbocycles. The summed E-state index contributed by atoms with van der Waals surface area (Å²) in [6.45, 7) is 8.16. The third kappa shape index (κ3) is 3.39. The minimum absolute atomic E-state index is 0.0109. The van der Waals surface area contributed by atoms with Crippen LogP contribution in [-0.2, 0) is 17.9 Å². The Morgan fingerprint density at radius 2 is 1.93 bits per heavy atom. The molecule has 0 aliphatic carbocycles. The van der Waals surface area contributed by atoms with Gasteiger partial charge in [0.1, 0.15) is 6.54 Å². The van der Waals surface area contributed by atoms with Gasteiger partial charge in [-0.1, -0.05) is 6.07 Å². The molecular formula is C20H25N5O2.